The monoisotopic (exact) mass is 299 g/mol. The zero-order valence-corrected chi connectivity index (χ0v) is 13.3. The van der Waals surface area contributed by atoms with E-state index in [1.54, 1.807) is 6.07 Å². The van der Waals surface area contributed by atoms with Crippen molar-refractivity contribution in [1.29, 1.82) is 0 Å². The van der Waals surface area contributed by atoms with Gasteiger partial charge in [-0.1, -0.05) is 56.7 Å². The first-order valence-corrected chi connectivity index (χ1v) is 7.65. The second kappa shape index (κ2) is 7.21. The van der Waals surface area contributed by atoms with Crippen molar-refractivity contribution in [1.82, 2.24) is 0 Å². The summed E-state index contributed by atoms with van der Waals surface area (Å²) in [6, 6.07) is 14.2. The van der Waals surface area contributed by atoms with Gasteiger partial charge >= 0.3 is 0 Å². The molecule has 0 heterocycles. The second-order valence-electron chi connectivity index (χ2n) is 5.72. The van der Waals surface area contributed by atoms with Gasteiger partial charge in [0.05, 0.1) is 5.92 Å². The fourth-order valence-corrected chi connectivity index (χ4v) is 2.57. The van der Waals surface area contributed by atoms with Crippen molar-refractivity contribution in [2.24, 2.45) is 5.92 Å². The average Bonchev–Trinajstić information content (AvgIpc) is 2.52. The zero-order valence-electron chi connectivity index (χ0n) is 13.3. The summed E-state index contributed by atoms with van der Waals surface area (Å²) in [6.07, 6.45) is 0.898. The van der Waals surface area contributed by atoms with Crippen molar-refractivity contribution in [2.75, 3.05) is 5.32 Å². The molecule has 0 saturated carbocycles. The number of benzene rings is 2. The zero-order chi connectivity index (χ0) is 16.1. The molecule has 0 aliphatic heterocycles. The molecule has 0 aromatic heterocycles. The van der Waals surface area contributed by atoms with Crippen molar-refractivity contribution < 1.29 is 9.18 Å². The van der Waals surface area contributed by atoms with Crippen LogP contribution in [0.25, 0.3) is 0 Å². The molecule has 0 bridgehead atoms. The number of hydrogen-bond donors (Lipinski definition) is 1. The summed E-state index contributed by atoms with van der Waals surface area (Å²) < 4.78 is 13.4. The maximum atomic E-state index is 13.4. The molecule has 1 N–H and O–H groups in total. The number of aryl methyl sites for hydroxylation is 1. The summed E-state index contributed by atoms with van der Waals surface area (Å²) in [7, 11) is 0. The van der Waals surface area contributed by atoms with Crippen LogP contribution < -0.4 is 5.32 Å². The highest BCUT2D eigenvalue weighted by Gasteiger charge is 2.26. The normalized spacial score (nSPS) is 13.5. The van der Waals surface area contributed by atoms with Crippen LogP contribution in [0.4, 0.5) is 10.1 Å². The van der Waals surface area contributed by atoms with E-state index in [1.165, 1.54) is 12.1 Å². The number of nitrogens with one attached hydrogen (secondary N) is 1. The molecule has 2 aromatic rings. The van der Waals surface area contributed by atoms with E-state index in [0.717, 1.165) is 17.5 Å². The summed E-state index contributed by atoms with van der Waals surface area (Å²) in [4.78, 5) is 12.7. The van der Waals surface area contributed by atoms with Crippen molar-refractivity contribution in [3.63, 3.8) is 0 Å². The van der Waals surface area contributed by atoms with Crippen LogP contribution in [-0.2, 0) is 4.79 Å². The first kappa shape index (κ1) is 16.2. The predicted molar refractivity (Wildman–Crippen MR) is 88.4 cm³/mol. The Hall–Kier alpha value is -2.16. The van der Waals surface area contributed by atoms with E-state index in [9.17, 15) is 9.18 Å². The molecule has 0 fully saturated rings. The van der Waals surface area contributed by atoms with Gasteiger partial charge in [-0.3, -0.25) is 4.79 Å². The Morgan fingerprint density at radius 3 is 2.50 bits per heavy atom. The molecule has 0 spiro atoms. The van der Waals surface area contributed by atoms with E-state index in [4.69, 9.17) is 0 Å². The number of carbonyl (C=O) groups is 1. The van der Waals surface area contributed by atoms with E-state index in [-0.39, 0.29) is 23.6 Å². The lowest BCUT2D eigenvalue weighted by Crippen LogP contribution is -2.26. The van der Waals surface area contributed by atoms with Crippen LogP contribution in [0.15, 0.2) is 48.5 Å². The van der Waals surface area contributed by atoms with E-state index < -0.39 is 0 Å². The molecule has 2 nitrogen and oxygen atoms in total. The van der Waals surface area contributed by atoms with Crippen LogP contribution in [-0.4, -0.2) is 5.91 Å². The summed E-state index contributed by atoms with van der Waals surface area (Å²) in [5.41, 5.74) is 2.38. The number of halogens is 1. The number of rotatable bonds is 5. The van der Waals surface area contributed by atoms with Gasteiger partial charge in [-0.2, -0.15) is 0 Å². The highest BCUT2D eigenvalue weighted by atomic mass is 19.1. The quantitative estimate of drug-likeness (QED) is 0.835. The minimum atomic E-state index is -0.347. The van der Waals surface area contributed by atoms with Gasteiger partial charge in [-0.15, -0.1) is 0 Å². The Morgan fingerprint density at radius 2 is 1.86 bits per heavy atom. The van der Waals surface area contributed by atoms with Gasteiger partial charge in [0.1, 0.15) is 5.82 Å². The van der Waals surface area contributed by atoms with Crippen LogP contribution in [0.2, 0.25) is 0 Å². The summed E-state index contributed by atoms with van der Waals surface area (Å²) in [6.45, 7) is 5.99. The molecule has 1 amide bonds. The second-order valence-corrected chi connectivity index (χ2v) is 5.72. The number of hydrogen-bond acceptors (Lipinski definition) is 1. The van der Waals surface area contributed by atoms with Crippen LogP contribution in [0.5, 0.6) is 0 Å². The summed E-state index contributed by atoms with van der Waals surface area (Å²) in [5, 5.41) is 2.89. The number of amides is 1. The fourth-order valence-electron chi connectivity index (χ4n) is 2.57. The van der Waals surface area contributed by atoms with E-state index >= 15 is 0 Å². The first-order chi connectivity index (χ1) is 10.5. The highest BCUT2D eigenvalue weighted by molar-refractivity contribution is 5.96. The van der Waals surface area contributed by atoms with Gasteiger partial charge in [0, 0.05) is 5.69 Å². The molecule has 0 aliphatic carbocycles. The fraction of sp³-hybridized carbons (Fsp3) is 0.316. The van der Waals surface area contributed by atoms with Crippen molar-refractivity contribution in [3.05, 3.63) is 65.5 Å². The molecule has 3 heteroatoms. The van der Waals surface area contributed by atoms with E-state index in [2.05, 4.69) is 19.2 Å². The Bertz CT molecular complexity index is 639. The van der Waals surface area contributed by atoms with E-state index in [1.807, 2.05) is 37.3 Å². The molecule has 22 heavy (non-hydrogen) atoms. The SMILES string of the molecule is CC[C@H](C)[C@H](C(=O)Nc1cc(F)ccc1C)c1ccccc1. The topological polar surface area (TPSA) is 29.1 Å². The van der Waals surface area contributed by atoms with Crippen LogP contribution in [0.1, 0.15) is 37.3 Å². The van der Waals surface area contributed by atoms with Crippen LogP contribution in [0.3, 0.4) is 0 Å². The lowest BCUT2D eigenvalue weighted by Gasteiger charge is -2.23. The van der Waals surface area contributed by atoms with Crippen molar-refractivity contribution in [3.8, 4) is 0 Å². The maximum Gasteiger partial charge on any atom is 0.232 e. The molecule has 0 unspecified atom stereocenters. The minimum Gasteiger partial charge on any atom is -0.325 e. The first-order valence-electron chi connectivity index (χ1n) is 7.65. The molecule has 116 valence electrons. The van der Waals surface area contributed by atoms with Crippen LogP contribution in [0, 0.1) is 18.7 Å². The van der Waals surface area contributed by atoms with Crippen molar-refractivity contribution >= 4 is 11.6 Å². The minimum absolute atomic E-state index is 0.0887. The van der Waals surface area contributed by atoms with Gasteiger partial charge in [0.15, 0.2) is 0 Å². The molecule has 2 aromatic carbocycles. The lowest BCUT2D eigenvalue weighted by atomic mass is 9.85. The Kier molecular flexibility index (Phi) is 5.31. The number of anilines is 1. The molecule has 0 radical (unpaired) electrons. The molecule has 2 atom stereocenters. The highest BCUT2D eigenvalue weighted by Crippen LogP contribution is 2.29. The number of carbonyl (C=O) groups excluding carboxylic acids is 1. The van der Waals surface area contributed by atoms with E-state index in [0.29, 0.717) is 5.69 Å². The Balaban J connectivity index is 2.28. The molecule has 2 rings (SSSR count). The van der Waals surface area contributed by atoms with Gasteiger partial charge < -0.3 is 5.32 Å². The Morgan fingerprint density at radius 1 is 1.18 bits per heavy atom. The molecular weight excluding hydrogens is 277 g/mol. The standard InChI is InChI=1S/C19H22FNO/c1-4-13(2)18(15-8-6-5-7-9-15)19(22)21-17-12-16(20)11-10-14(17)3/h5-13,18H,4H2,1-3H3,(H,21,22)/t13-,18-/m0/s1. The van der Waals surface area contributed by atoms with Crippen LogP contribution >= 0.6 is 0 Å². The summed E-state index contributed by atoms with van der Waals surface area (Å²) in [5.74, 6) is -0.472. The van der Waals surface area contributed by atoms with Gasteiger partial charge in [0.25, 0.3) is 0 Å². The van der Waals surface area contributed by atoms with Gasteiger partial charge in [-0.25, -0.2) is 4.39 Å². The average molecular weight is 299 g/mol. The predicted octanol–water partition coefficient (Wildman–Crippen LogP) is 4.90. The molecular formula is C19H22FNO. The molecule has 0 aliphatic rings. The lowest BCUT2D eigenvalue weighted by molar-refractivity contribution is -0.118. The third-order valence-corrected chi connectivity index (χ3v) is 4.11. The van der Waals surface area contributed by atoms with Gasteiger partial charge in [-0.05, 0) is 36.1 Å². The third-order valence-electron chi connectivity index (χ3n) is 4.11. The van der Waals surface area contributed by atoms with Gasteiger partial charge in [0.2, 0.25) is 5.91 Å². The summed E-state index contributed by atoms with van der Waals surface area (Å²) >= 11 is 0. The van der Waals surface area contributed by atoms with Crippen molar-refractivity contribution in [2.45, 2.75) is 33.1 Å². The third kappa shape index (κ3) is 3.73. The maximum absolute atomic E-state index is 13.4. The smallest absolute Gasteiger partial charge is 0.232 e. The molecule has 0 saturated heterocycles. The largest absolute Gasteiger partial charge is 0.325 e. The Labute approximate surface area is 131 Å².